The van der Waals surface area contributed by atoms with E-state index < -0.39 is 11.5 Å². The van der Waals surface area contributed by atoms with Crippen molar-refractivity contribution in [3.8, 4) is 27.8 Å². The van der Waals surface area contributed by atoms with Crippen LogP contribution in [-0.2, 0) is 0 Å². The Morgan fingerprint density at radius 2 is 1.96 bits per heavy atom. The van der Waals surface area contributed by atoms with Crippen LogP contribution in [0.25, 0.3) is 21.7 Å². The molecular weight excluding hydrogens is 312 g/mol. The number of hydrogen-bond acceptors (Lipinski definition) is 4. The molecule has 3 aromatic rings. The van der Waals surface area contributed by atoms with E-state index in [0.717, 1.165) is 0 Å². The number of nitrogens with zero attached hydrogens (tertiary/aromatic N) is 1. The number of thiophene rings is 1. The van der Waals surface area contributed by atoms with Crippen molar-refractivity contribution in [3.63, 3.8) is 0 Å². The molecule has 0 aliphatic carbocycles. The minimum atomic E-state index is -1.16. The van der Waals surface area contributed by atoms with Crippen molar-refractivity contribution in [2.75, 3.05) is 0 Å². The van der Waals surface area contributed by atoms with Crippen LogP contribution < -0.4 is 5.56 Å². The Morgan fingerprint density at radius 3 is 2.61 bits per heavy atom. The second-order valence-corrected chi connectivity index (χ2v) is 5.66. The Labute approximate surface area is 135 Å². The lowest BCUT2D eigenvalue weighted by Gasteiger charge is -2.08. The van der Waals surface area contributed by atoms with E-state index in [1.165, 1.54) is 17.4 Å². The largest absolute Gasteiger partial charge is 0.478 e. The van der Waals surface area contributed by atoms with Gasteiger partial charge in [-0.05, 0) is 23.1 Å². The van der Waals surface area contributed by atoms with E-state index in [-0.39, 0.29) is 16.8 Å². The summed E-state index contributed by atoms with van der Waals surface area (Å²) in [5, 5.41) is 20.3. The molecule has 0 amide bonds. The van der Waals surface area contributed by atoms with Gasteiger partial charge in [0.1, 0.15) is 6.07 Å². The van der Waals surface area contributed by atoms with Gasteiger partial charge in [0.05, 0.1) is 21.7 Å². The summed E-state index contributed by atoms with van der Waals surface area (Å²) in [4.78, 5) is 27.1. The van der Waals surface area contributed by atoms with E-state index in [2.05, 4.69) is 4.98 Å². The number of benzene rings is 1. The van der Waals surface area contributed by atoms with Crippen LogP contribution in [0.15, 0.2) is 52.6 Å². The Hall–Kier alpha value is -3.17. The number of carbonyl (C=O) groups is 1. The van der Waals surface area contributed by atoms with Crippen molar-refractivity contribution in [1.82, 2.24) is 4.98 Å². The molecule has 0 fully saturated rings. The summed E-state index contributed by atoms with van der Waals surface area (Å²) in [5.41, 5.74) is 0.974. The molecule has 0 unspecified atom stereocenters. The van der Waals surface area contributed by atoms with Crippen LogP contribution in [0.4, 0.5) is 0 Å². The van der Waals surface area contributed by atoms with Gasteiger partial charge in [-0.25, -0.2) is 4.79 Å². The van der Waals surface area contributed by atoms with Gasteiger partial charge < -0.3 is 10.1 Å². The molecule has 0 saturated carbocycles. The summed E-state index contributed by atoms with van der Waals surface area (Å²) in [6.07, 6.45) is 0. The van der Waals surface area contributed by atoms with Crippen molar-refractivity contribution >= 4 is 17.3 Å². The summed E-state index contributed by atoms with van der Waals surface area (Å²) in [5.74, 6) is -1.16. The monoisotopic (exact) mass is 322 g/mol. The fourth-order valence-corrected chi connectivity index (χ4v) is 3.16. The van der Waals surface area contributed by atoms with E-state index in [0.29, 0.717) is 16.0 Å². The maximum atomic E-state index is 12.4. The molecule has 3 rings (SSSR count). The zero-order valence-electron chi connectivity index (χ0n) is 11.7. The molecule has 0 aliphatic rings. The number of aromatic amines is 1. The lowest BCUT2D eigenvalue weighted by Crippen LogP contribution is -2.14. The summed E-state index contributed by atoms with van der Waals surface area (Å²) < 4.78 is 0. The minimum Gasteiger partial charge on any atom is -0.478 e. The second kappa shape index (κ2) is 5.91. The number of aromatic carboxylic acids is 1. The number of carboxylic acid groups (broad SMARTS) is 1. The third-order valence-electron chi connectivity index (χ3n) is 3.37. The number of H-pyrrole nitrogens is 1. The van der Waals surface area contributed by atoms with E-state index in [1.807, 2.05) is 12.1 Å². The van der Waals surface area contributed by atoms with Gasteiger partial charge in [-0.15, -0.1) is 11.3 Å². The zero-order valence-corrected chi connectivity index (χ0v) is 12.6. The number of rotatable bonds is 3. The van der Waals surface area contributed by atoms with E-state index >= 15 is 0 Å². The highest BCUT2D eigenvalue weighted by molar-refractivity contribution is 7.13. The maximum Gasteiger partial charge on any atom is 0.337 e. The quantitative estimate of drug-likeness (QED) is 0.773. The summed E-state index contributed by atoms with van der Waals surface area (Å²) >= 11 is 1.21. The van der Waals surface area contributed by atoms with E-state index in [1.54, 1.807) is 35.7 Å². The zero-order chi connectivity index (χ0) is 16.4. The molecule has 6 heteroatoms. The standard InChI is InChI=1S/C17H10N2O3S/c18-9-11-6-7-23-15(11)14-13(17(21)22)8-12(16(20)19-14)10-4-2-1-3-5-10/h1-8H,(H,19,20)(H,21,22). The van der Waals surface area contributed by atoms with Gasteiger partial charge in [0, 0.05) is 5.56 Å². The summed E-state index contributed by atoms with van der Waals surface area (Å²) in [7, 11) is 0. The van der Waals surface area contributed by atoms with E-state index in [4.69, 9.17) is 5.26 Å². The molecule has 5 nitrogen and oxygen atoms in total. The van der Waals surface area contributed by atoms with Crippen molar-refractivity contribution in [2.24, 2.45) is 0 Å². The second-order valence-electron chi connectivity index (χ2n) is 4.75. The predicted octanol–water partition coefficient (Wildman–Crippen LogP) is 3.34. The van der Waals surface area contributed by atoms with Crippen LogP contribution in [0.2, 0.25) is 0 Å². The number of nitrogens with one attached hydrogen (secondary N) is 1. The average Bonchev–Trinajstić information content (AvgIpc) is 3.03. The first-order valence-electron chi connectivity index (χ1n) is 6.66. The highest BCUT2D eigenvalue weighted by Crippen LogP contribution is 2.31. The molecule has 23 heavy (non-hydrogen) atoms. The smallest absolute Gasteiger partial charge is 0.337 e. The van der Waals surface area contributed by atoms with Crippen molar-refractivity contribution in [1.29, 1.82) is 5.26 Å². The highest BCUT2D eigenvalue weighted by atomic mass is 32.1. The molecule has 2 heterocycles. The molecule has 0 radical (unpaired) electrons. The third-order valence-corrected chi connectivity index (χ3v) is 4.30. The third kappa shape index (κ3) is 2.65. The first kappa shape index (κ1) is 14.8. The molecule has 0 aliphatic heterocycles. The molecule has 112 valence electrons. The van der Waals surface area contributed by atoms with Crippen LogP contribution in [-0.4, -0.2) is 16.1 Å². The minimum absolute atomic E-state index is 0.0394. The normalized spacial score (nSPS) is 10.2. The topological polar surface area (TPSA) is 94.0 Å². The molecular formula is C17H10N2O3S. The molecule has 0 saturated heterocycles. The number of carboxylic acids is 1. The van der Waals surface area contributed by atoms with Gasteiger partial charge in [-0.2, -0.15) is 5.26 Å². The van der Waals surface area contributed by atoms with Crippen molar-refractivity contribution in [2.45, 2.75) is 0 Å². The highest BCUT2D eigenvalue weighted by Gasteiger charge is 2.19. The maximum absolute atomic E-state index is 12.4. The lowest BCUT2D eigenvalue weighted by atomic mass is 10.0. The van der Waals surface area contributed by atoms with Gasteiger partial charge in [-0.3, -0.25) is 4.79 Å². The SMILES string of the molecule is N#Cc1ccsc1-c1[nH]c(=O)c(-c2ccccc2)cc1C(=O)O. The summed E-state index contributed by atoms with van der Waals surface area (Å²) in [6.45, 7) is 0. The van der Waals surface area contributed by atoms with Gasteiger partial charge in [-0.1, -0.05) is 30.3 Å². The Bertz CT molecular complexity index is 981. The van der Waals surface area contributed by atoms with Crippen LogP contribution in [0.5, 0.6) is 0 Å². The fourth-order valence-electron chi connectivity index (χ4n) is 2.30. The molecule has 0 bridgehead atoms. The Morgan fingerprint density at radius 1 is 1.22 bits per heavy atom. The first-order valence-corrected chi connectivity index (χ1v) is 7.53. The molecule has 2 aromatic heterocycles. The van der Waals surface area contributed by atoms with Gasteiger partial charge in [0.15, 0.2) is 0 Å². The van der Waals surface area contributed by atoms with Gasteiger partial charge in [0.25, 0.3) is 5.56 Å². The molecule has 2 N–H and O–H groups in total. The number of aromatic nitrogens is 1. The number of hydrogen-bond donors (Lipinski definition) is 2. The molecule has 1 aromatic carbocycles. The van der Waals surface area contributed by atoms with Crippen LogP contribution in [0, 0.1) is 11.3 Å². The molecule has 0 atom stereocenters. The number of pyridine rings is 1. The lowest BCUT2D eigenvalue weighted by molar-refractivity contribution is 0.0697. The average molecular weight is 322 g/mol. The Balaban J connectivity index is 2.28. The van der Waals surface area contributed by atoms with E-state index in [9.17, 15) is 14.7 Å². The van der Waals surface area contributed by atoms with Crippen LogP contribution in [0.3, 0.4) is 0 Å². The fraction of sp³-hybridized carbons (Fsp3) is 0. The predicted molar refractivity (Wildman–Crippen MR) is 87.5 cm³/mol. The van der Waals surface area contributed by atoms with Crippen molar-refractivity contribution in [3.05, 3.63) is 69.3 Å². The molecule has 0 spiro atoms. The van der Waals surface area contributed by atoms with Gasteiger partial charge in [0.2, 0.25) is 0 Å². The van der Waals surface area contributed by atoms with Gasteiger partial charge >= 0.3 is 5.97 Å². The van der Waals surface area contributed by atoms with Crippen LogP contribution >= 0.6 is 11.3 Å². The first-order chi connectivity index (χ1) is 11.1. The Kier molecular flexibility index (Phi) is 3.79. The van der Waals surface area contributed by atoms with Crippen LogP contribution in [0.1, 0.15) is 15.9 Å². The number of nitriles is 1. The summed E-state index contributed by atoms with van der Waals surface area (Å²) in [6, 6.07) is 13.8. The van der Waals surface area contributed by atoms with Crippen molar-refractivity contribution < 1.29 is 9.90 Å².